The Bertz CT molecular complexity index is 914. The Hall–Kier alpha value is -3.14. The monoisotopic (exact) mass is 333 g/mol. The Morgan fingerprint density at radius 3 is 2.56 bits per heavy atom. The SMILES string of the molecule is CCOc1ccc(/C=C/c2ccc3cccc(OC(C)=O)c3n2)cc1. The highest BCUT2D eigenvalue weighted by molar-refractivity contribution is 5.88. The fourth-order valence-electron chi connectivity index (χ4n) is 2.49. The van der Waals surface area contributed by atoms with Gasteiger partial charge in [0, 0.05) is 12.3 Å². The summed E-state index contributed by atoms with van der Waals surface area (Å²) in [6, 6.07) is 17.3. The third-order valence-corrected chi connectivity index (χ3v) is 3.60. The first-order valence-electron chi connectivity index (χ1n) is 8.15. The molecule has 126 valence electrons. The van der Waals surface area contributed by atoms with E-state index in [1.54, 1.807) is 6.07 Å². The van der Waals surface area contributed by atoms with Crippen molar-refractivity contribution in [2.45, 2.75) is 13.8 Å². The van der Waals surface area contributed by atoms with Gasteiger partial charge in [-0.05, 0) is 42.8 Å². The van der Waals surface area contributed by atoms with E-state index in [9.17, 15) is 4.79 Å². The van der Waals surface area contributed by atoms with Crippen molar-refractivity contribution in [3.8, 4) is 11.5 Å². The highest BCUT2D eigenvalue weighted by Crippen LogP contribution is 2.24. The van der Waals surface area contributed by atoms with Gasteiger partial charge in [0.05, 0.1) is 12.3 Å². The van der Waals surface area contributed by atoms with Gasteiger partial charge < -0.3 is 9.47 Å². The molecule has 1 heterocycles. The Morgan fingerprint density at radius 2 is 1.84 bits per heavy atom. The summed E-state index contributed by atoms with van der Waals surface area (Å²) in [5.41, 5.74) is 2.52. The van der Waals surface area contributed by atoms with Gasteiger partial charge in [-0.2, -0.15) is 0 Å². The standard InChI is InChI=1S/C21H19NO3/c1-3-24-19-13-8-16(9-14-19)7-11-18-12-10-17-5-4-6-20(21(17)22-18)25-15(2)23/h4-14H,3H2,1-2H3/b11-7+. The molecular formula is C21H19NO3. The molecule has 0 radical (unpaired) electrons. The van der Waals surface area contributed by atoms with Crippen molar-refractivity contribution in [3.05, 3.63) is 65.9 Å². The number of hydrogen-bond donors (Lipinski definition) is 0. The average molecular weight is 333 g/mol. The van der Waals surface area contributed by atoms with Crippen LogP contribution in [0.15, 0.2) is 54.6 Å². The number of pyridine rings is 1. The van der Waals surface area contributed by atoms with Crippen LogP contribution in [0.3, 0.4) is 0 Å². The van der Waals surface area contributed by atoms with Crippen LogP contribution in [0.25, 0.3) is 23.1 Å². The molecule has 3 aromatic rings. The number of benzene rings is 2. The number of carbonyl (C=O) groups excluding carboxylic acids is 1. The van der Waals surface area contributed by atoms with Crippen molar-refractivity contribution in [3.63, 3.8) is 0 Å². The summed E-state index contributed by atoms with van der Waals surface area (Å²) in [5, 5.41) is 0.928. The van der Waals surface area contributed by atoms with Crippen molar-refractivity contribution >= 4 is 29.0 Å². The second-order valence-corrected chi connectivity index (χ2v) is 5.49. The molecule has 2 aromatic carbocycles. The minimum Gasteiger partial charge on any atom is -0.494 e. The highest BCUT2D eigenvalue weighted by atomic mass is 16.5. The molecule has 0 bridgehead atoms. The van der Waals surface area contributed by atoms with Crippen LogP contribution < -0.4 is 9.47 Å². The molecule has 1 aromatic heterocycles. The summed E-state index contributed by atoms with van der Waals surface area (Å²) >= 11 is 0. The Labute approximate surface area is 146 Å². The average Bonchev–Trinajstić information content (AvgIpc) is 2.61. The van der Waals surface area contributed by atoms with Crippen LogP contribution in [0, 0.1) is 0 Å². The summed E-state index contributed by atoms with van der Waals surface area (Å²) in [7, 11) is 0. The predicted octanol–water partition coefficient (Wildman–Crippen LogP) is 4.73. The first-order chi connectivity index (χ1) is 12.2. The number of para-hydroxylation sites is 1. The maximum Gasteiger partial charge on any atom is 0.308 e. The smallest absolute Gasteiger partial charge is 0.308 e. The van der Waals surface area contributed by atoms with Gasteiger partial charge in [-0.1, -0.05) is 36.4 Å². The third-order valence-electron chi connectivity index (χ3n) is 3.60. The Kier molecular flexibility index (Phi) is 5.09. The summed E-state index contributed by atoms with van der Waals surface area (Å²) in [4.78, 5) is 15.9. The van der Waals surface area contributed by atoms with Gasteiger partial charge in [-0.25, -0.2) is 4.98 Å². The van der Waals surface area contributed by atoms with E-state index in [1.807, 2.05) is 67.6 Å². The zero-order valence-electron chi connectivity index (χ0n) is 14.2. The topological polar surface area (TPSA) is 48.4 Å². The molecule has 4 nitrogen and oxygen atoms in total. The highest BCUT2D eigenvalue weighted by Gasteiger charge is 2.06. The van der Waals surface area contributed by atoms with Gasteiger partial charge in [-0.3, -0.25) is 4.79 Å². The zero-order valence-corrected chi connectivity index (χ0v) is 14.2. The van der Waals surface area contributed by atoms with Gasteiger partial charge in [0.25, 0.3) is 0 Å². The number of ether oxygens (including phenoxy) is 2. The van der Waals surface area contributed by atoms with Crippen LogP contribution in [0.4, 0.5) is 0 Å². The molecule has 0 aliphatic heterocycles. The predicted molar refractivity (Wildman–Crippen MR) is 99.6 cm³/mol. The molecule has 0 atom stereocenters. The number of esters is 1. The first-order valence-corrected chi connectivity index (χ1v) is 8.15. The number of carbonyl (C=O) groups is 1. The van der Waals surface area contributed by atoms with Crippen LogP contribution in [0.1, 0.15) is 25.1 Å². The van der Waals surface area contributed by atoms with E-state index < -0.39 is 0 Å². The van der Waals surface area contributed by atoms with Crippen molar-refractivity contribution in [1.29, 1.82) is 0 Å². The Balaban J connectivity index is 1.86. The van der Waals surface area contributed by atoms with Crippen LogP contribution in [0.2, 0.25) is 0 Å². The lowest BCUT2D eigenvalue weighted by Crippen LogP contribution is -2.02. The second-order valence-electron chi connectivity index (χ2n) is 5.49. The van der Waals surface area contributed by atoms with E-state index >= 15 is 0 Å². The number of fused-ring (bicyclic) bond motifs is 1. The molecule has 0 aliphatic carbocycles. The summed E-state index contributed by atoms with van der Waals surface area (Å²) in [6.45, 7) is 4.00. The molecule has 0 unspecified atom stereocenters. The fourth-order valence-corrected chi connectivity index (χ4v) is 2.49. The van der Waals surface area contributed by atoms with Gasteiger partial charge >= 0.3 is 5.97 Å². The molecule has 3 rings (SSSR count). The molecule has 0 fully saturated rings. The number of rotatable bonds is 5. The van der Waals surface area contributed by atoms with Gasteiger partial charge in [0.2, 0.25) is 0 Å². The van der Waals surface area contributed by atoms with Crippen molar-refractivity contribution < 1.29 is 14.3 Å². The molecule has 25 heavy (non-hydrogen) atoms. The van der Waals surface area contributed by atoms with Crippen LogP contribution in [-0.4, -0.2) is 17.6 Å². The summed E-state index contributed by atoms with van der Waals surface area (Å²) < 4.78 is 10.7. The van der Waals surface area contributed by atoms with Crippen LogP contribution in [-0.2, 0) is 4.79 Å². The third kappa shape index (κ3) is 4.23. The Morgan fingerprint density at radius 1 is 1.04 bits per heavy atom. The largest absolute Gasteiger partial charge is 0.494 e. The summed E-state index contributed by atoms with van der Waals surface area (Å²) in [6.07, 6.45) is 3.91. The number of nitrogens with zero attached hydrogens (tertiary/aromatic N) is 1. The molecular weight excluding hydrogens is 314 g/mol. The van der Waals surface area contributed by atoms with E-state index in [1.165, 1.54) is 6.92 Å². The number of hydrogen-bond acceptors (Lipinski definition) is 4. The molecule has 0 amide bonds. The summed E-state index contributed by atoms with van der Waals surface area (Å²) in [5.74, 6) is 0.973. The van der Waals surface area contributed by atoms with Gasteiger partial charge in [-0.15, -0.1) is 0 Å². The second kappa shape index (κ2) is 7.62. The molecule has 0 N–H and O–H groups in total. The normalized spacial score (nSPS) is 11.0. The lowest BCUT2D eigenvalue weighted by molar-refractivity contribution is -0.131. The van der Waals surface area contributed by atoms with Crippen molar-refractivity contribution in [2.75, 3.05) is 6.61 Å². The maximum atomic E-state index is 11.3. The van der Waals surface area contributed by atoms with E-state index in [2.05, 4.69) is 4.98 Å². The van der Waals surface area contributed by atoms with E-state index in [0.717, 1.165) is 22.4 Å². The van der Waals surface area contributed by atoms with Gasteiger partial charge in [0.1, 0.15) is 11.3 Å². The fraction of sp³-hybridized carbons (Fsp3) is 0.143. The molecule has 0 aliphatic rings. The van der Waals surface area contributed by atoms with E-state index in [-0.39, 0.29) is 5.97 Å². The molecule has 0 spiro atoms. The zero-order chi connectivity index (χ0) is 17.6. The van der Waals surface area contributed by atoms with Crippen molar-refractivity contribution in [2.24, 2.45) is 0 Å². The molecule has 0 saturated carbocycles. The lowest BCUT2D eigenvalue weighted by atomic mass is 10.1. The van der Waals surface area contributed by atoms with Gasteiger partial charge in [0.15, 0.2) is 5.75 Å². The van der Waals surface area contributed by atoms with Crippen LogP contribution >= 0.6 is 0 Å². The van der Waals surface area contributed by atoms with E-state index in [4.69, 9.17) is 9.47 Å². The minimum absolute atomic E-state index is 0.357. The molecule has 0 saturated heterocycles. The maximum absolute atomic E-state index is 11.3. The quantitative estimate of drug-likeness (QED) is 0.500. The lowest BCUT2D eigenvalue weighted by Gasteiger charge is -2.06. The first kappa shape index (κ1) is 16.7. The minimum atomic E-state index is -0.357. The van der Waals surface area contributed by atoms with Crippen molar-refractivity contribution in [1.82, 2.24) is 4.98 Å². The number of aromatic nitrogens is 1. The van der Waals surface area contributed by atoms with E-state index in [0.29, 0.717) is 17.9 Å². The molecule has 4 heteroatoms. The van der Waals surface area contributed by atoms with Crippen LogP contribution in [0.5, 0.6) is 11.5 Å².